The van der Waals surface area contributed by atoms with E-state index in [9.17, 15) is 13.6 Å². The van der Waals surface area contributed by atoms with Crippen LogP contribution in [0.1, 0.15) is 36.5 Å². The van der Waals surface area contributed by atoms with Crippen molar-refractivity contribution in [1.29, 1.82) is 0 Å². The van der Waals surface area contributed by atoms with Crippen molar-refractivity contribution in [2.24, 2.45) is 10.7 Å². The van der Waals surface area contributed by atoms with Crippen molar-refractivity contribution in [1.82, 2.24) is 4.90 Å². The van der Waals surface area contributed by atoms with Crippen molar-refractivity contribution in [2.75, 3.05) is 7.05 Å². The predicted molar refractivity (Wildman–Crippen MR) is 102 cm³/mol. The van der Waals surface area contributed by atoms with E-state index in [2.05, 4.69) is 4.99 Å². The van der Waals surface area contributed by atoms with Crippen LogP contribution in [0.15, 0.2) is 53.5 Å². The minimum absolute atomic E-state index is 0.0791. The molecule has 1 amide bonds. The van der Waals surface area contributed by atoms with Gasteiger partial charge in [0.05, 0.1) is 5.92 Å². The van der Waals surface area contributed by atoms with E-state index in [1.807, 2.05) is 0 Å². The molecule has 1 aliphatic rings. The lowest BCUT2D eigenvalue weighted by atomic mass is 9.74. The van der Waals surface area contributed by atoms with Gasteiger partial charge in [-0.2, -0.15) is 0 Å². The number of halogens is 3. The fourth-order valence-electron chi connectivity index (χ4n) is 3.45. The molecule has 7 heteroatoms. The van der Waals surface area contributed by atoms with Crippen LogP contribution in [0.2, 0.25) is 5.02 Å². The van der Waals surface area contributed by atoms with Gasteiger partial charge in [-0.3, -0.25) is 9.69 Å². The first-order valence-corrected chi connectivity index (χ1v) is 8.79. The Kier molecular flexibility index (Phi) is 4.72. The average molecular weight is 392 g/mol. The van der Waals surface area contributed by atoms with Gasteiger partial charge in [-0.1, -0.05) is 54.1 Å². The average Bonchev–Trinajstić information content (AvgIpc) is 2.60. The molecule has 0 fully saturated rings. The largest absolute Gasteiger partial charge is 0.369 e. The number of rotatable bonds is 3. The van der Waals surface area contributed by atoms with Gasteiger partial charge in [-0.25, -0.2) is 13.8 Å². The molecular weight excluding hydrogens is 372 g/mol. The van der Waals surface area contributed by atoms with Crippen LogP contribution < -0.4 is 5.73 Å². The maximum atomic E-state index is 13.6. The number of amides is 1. The number of nitrogens with two attached hydrogens (primary N) is 1. The standard InChI is InChI=1S/C20H20ClF2N3O/c1-19(14-6-4-5-7-15(14)21)16(17(27)26(3)18(24)25-19)12-8-10-13(11-9-12)20(2,22)23/h4-11,16H,1-3H3,(H2,24,25)/t16-,19+/m0/s1. The molecule has 1 heterocycles. The summed E-state index contributed by atoms with van der Waals surface area (Å²) < 4.78 is 27.1. The van der Waals surface area contributed by atoms with Crippen LogP contribution in [0.4, 0.5) is 8.78 Å². The zero-order valence-electron chi connectivity index (χ0n) is 15.2. The second-order valence-corrected chi connectivity index (χ2v) is 7.35. The summed E-state index contributed by atoms with van der Waals surface area (Å²) in [4.78, 5) is 18.9. The third kappa shape index (κ3) is 3.30. The van der Waals surface area contributed by atoms with Gasteiger partial charge < -0.3 is 5.73 Å². The van der Waals surface area contributed by atoms with E-state index in [-0.39, 0.29) is 17.4 Å². The van der Waals surface area contributed by atoms with Gasteiger partial charge in [-0.15, -0.1) is 0 Å². The van der Waals surface area contributed by atoms with E-state index in [1.54, 1.807) is 31.2 Å². The molecule has 0 spiro atoms. The van der Waals surface area contributed by atoms with E-state index in [1.165, 1.54) is 36.2 Å². The van der Waals surface area contributed by atoms with Crippen molar-refractivity contribution in [3.05, 3.63) is 70.2 Å². The molecule has 1 aliphatic heterocycles. The second kappa shape index (κ2) is 6.60. The molecule has 2 aromatic rings. The Morgan fingerprint density at radius 1 is 1.19 bits per heavy atom. The highest BCUT2D eigenvalue weighted by Gasteiger charge is 2.48. The topological polar surface area (TPSA) is 58.7 Å². The van der Waals surface area contributed by atoms with Crippen LogP contribution in [-0.2, 0) is 16.3 Å². The molecular formula is C20H20ClF2N3O. The summed E-state index contributed by atoms with van der Waals surface area (Å²) in [5.41, 5.74) is 5.99. The van der Waals surface area contributed by atoms with Crippen LogP contribution >= 0.6 is 11.6 Å². The first-order valence-electron chi connectivity index (χ1n) is 8.42. The van der Waals surface area contributed by atoms with Gasteiger partial charge in [0.1, 0.15) is 5.54 Å². The smallest absolute Gasteiger partial charge is 0.270 e. The summed E-state index contributed by atoms with van der Waals surface area (Å²) in [6.07, 6.45) is 0. The normalized spacial score (nSPS) is 23.3. The number of nitrogens with zero attached hydrogens (tertiary/aromatic N) is 2. The Balaban J connectivity index is 2.18. The van der Waals surface area contributed by atoms with Crippen LogP contribution in [0, 0.1) is 0 Å². The minimum atomic E-state index is -2.96. The summed E-state index contributed by atoms with van der Waals surface area (Å²) in [6, 6.07) is 12.8. The molecule has 0 aliphatic carbocycles. The number of carbonyl (C=O) groups excluding carboxylic acids is 1. The molecule has 0 saturated heterocycles. The lowest BCUT2D eigenvalue weighted by molar-refractivity contribution is -0.130. The van der Waals surface area contributed by atoms with Crippen molar-refractivity contribution < 1.29 is 13.6 Å². The van der Waals surface area contributed by atoms with Gasteiger partial charge in [0.2, 0.25) is 5.91 Å². The number of guanidine groups is 1. The Morgan fingerprint density at radius 3 is 2.33 bits per heavy atom. The maximum absolute atomic E-state index is 13.6. The SMILES string of the molecule is CN1C(=O)[C@H](c2ccc(C(C)(F)F)cc2)[C@@](C)(c2ccccc2Cl)N=C1N. The Bertz CT molecular complexity index is 908. The van der Waals surface area contributed by atoms with Crippen LogP contribution in [0.3, 0.4) is 0 Å². The number of carbonyl (C=O) groups is 1. The number of hydrogen-bond acceptors (Lipinski definition) is 3. The molecule has 4 nitrogen and oxygen atoms in total. The zero-order chi connectivity index (χ0) is 20.0. The summed E-state index contributed by atoms with van der Waals surface area (Å²) in [7, 11) is 1.54. The highest BCUT2D eigenvalue weighted by molar-refractivity contribution is 6.31. The molecule has 2 atom stereocenters. The molecule has 2 aromatic carbocycles. The third-order valence-corrected chi connectivity index (χ3v) is 5.33. The lowest BCUT2D eigenvalue weighted by Gasteiger charge is -2.41. The van der Waals surface area contributed by atoms with Crippen molar-refractivity contribution in [2.45, 2.75) is 31.2 Å². The van der Waals surface area contributed by atoms with Crippen molar-refractivity contribution >= 4 is 23.5 Å². The highest BCUT2D eigenvalue weighted by atomic mass is 35.5. The van der Waals surface area contributed by atoms with E-state index in [0.717, 1.165) is 6.92 Å². The first kappa shape index (κ1) is 19.3. The molecule has 0 aromatic heterocycles. The van der Waals surface area contributed by atoms with E-state index in [0.29, 0.717) is 16.1 Å². The van der Waals surface area contributed by atoms with E-state index >= 15 is 0 Å². The second-order valence-electron chi connectivity index (χ2n) is 6.94. The zero-order valence-corrected chi connectivity index (χ0v) is 16.0. The predicted octanol–water partition coefficient (Wildman–Crippen LogP) is 4.24. The number of aliphatic imine (C=N–C) groups is 1. The Hall–Kier alpha value is -2.47. The number of alkyl halides is 2. The van der Waals surface area contributed by atoms with Gasteiger partial charge in [0, 0.05) is 24.6 Å². The molecule has 27 heavy (non-hydrogen) atoms. The molecule has 0 saturated carbocycles. The van der Waals surface area contributed by atoms with Gasteiger partial charge >= 0.3 is 0 Å². The van der Waals surface area contributed by atoms with Crippen molar-refractivity contribution in [3.8, 4) is 0 Å². The Morgan fingerprint density at radius 2 is 1.78 bits per heavy atom. The molecule has 2 N–H and O–H groups in total. The highest BCUT2D eigenvalue weighted by Crippen LogP contribution is 2.46. The third-order valence-electron chi connectivity index (χ3n) is 5.00. The number of benzene rings is 2. The Labute approximate surface area is 161 Å². The van der Waals surface area contributed by atoms with Crippen LogP contribution in [0.5, 0.6) is 0 Å². The first-order chi connectivity index (χ1) is 12.6. The molecule has 0 radical (unpaired) electrons. The monoisotopic (exact) mass is 391 g/mol. The molecule has 0 unspecified atom stereocenters. The number of likely N-dealkylation sites (N-methyl/N-ethyl adjacent to an activating group) is 1. The van der Waals surface area contributed by atoms with E-state index < -0.39 is 17.4 Å². The summed E-state index contributed by atoms with van der Waals surface area (Å²) in [5.74, 6) is -3.91. The van der Waals surface area contributed by atoms with Crippen molar-refractivity contribution in [3.63, 3.8) is 0 Å². The van der Waals surface area contributed by atoms with Crippen LogP contribution in [0.25, 0.3) is 0 Å². The molecule has 0 bridgehead atoms. The summed E-state index contributed by atoms with van der Waals surface area (Å²) in [6.45, 7) is 2.61. The van der Waals surface area contributed by atoms with Gasteiger partial charge in [-0.05, 0) is 24.1 Å². The maximum Gasteiger partial charge on any atom is 0.270 e. The fourth-order valence-corrected chi connectivity index (χ4v) is 3.77. The number of hydrogen-bond donors (Lipinski definition) is 1. The van der Waals surface area contributed by atoms with E-state index in [4.69, 9.17) is 17.3 Å². The van der Waals surface area contributed by atoms with Gasteiger partial charge in [0.15, 0.2) is 5.96 Å². The fraction of sp³-hybridized carbons (Fsp3) is 0.300. The minimum Gasteiger partial charge on any atom is -0.369 e. The summed E-state index contributed by atoms with van der Waals surface area (Å²) in [5, 5.41) is 0.454. The van der Waals surface area contributed by atoms with Crippen LogP contribution in [-0.4, -0.2) is 23.8 Å². The summed E-state index contributed by atoms with van der Waals surface area (Å²) >= 11 is 6.38. The molecule has 142 valence electrons. The lowest BCUT2D eigenvalue weighted by Crippen LogP contribution is -2.52. The quantitative estimate of drug-likeness (QED) is 0.850. The molecule has 3 rings (SSSR count). The van der Waals surface area contributed by atoms with Gasteiger partial charge in [0.25, 0.3) is 5.92 Å².